The quantitative estimate of drug-likeness (QED) is 0.110. The van der Waals surface area contributed by atoms with Gasteiger partial charge in [0.1, 0.15) is 24.7 Å². The maximum Gasteiger partial charge on any atom is 0.269 e. The Morgan fingerprint density at radius 3 is 1.70 bits per heavy atom. The highest BCUT2D eigenvalue weighted by molar-refractivity contribution is 7.80. The van der Waals surface area contributed by atoms with E-state index in [0.29, 0.717) is 41.3 Å². The lowest BCUT2D eigenvalue weighted by Crippen LogP contribution is -2.48. The highest BCUT2D eigenvalue weighted by atomic mass is 32.1. The van der Waals surface area contributed by atoms with Crippen LogP contribution in [0.1, 0.15) is 57.4 Å². The topological polar surface area (TPSA) is 118 Å². The minimum Gasteiger partial charge on any atom is -0.490 e. The molecule has 0 saturated heterocycles. The number of carbonyl (C=O) groups excluding carboxylic acids is 3. The smallest absolute Gasteiger partial charge is 0.269 e. The lowest BCUT2D eigenvalue weighted by molar-refractivity contribution is 0.0934. The third-order valence-electron chi connectivity index (χ3n) is 6.42. The molecule has 3 amide bonds. The molecule has 0 atom stereocenters. The molecule has 10 heteroatoms. The number of carbonyl (C=O) groups is 3. The summed E-state index contributed by atoms with van der Waals surface area (Å²) in [6, 6.07) is 29.8. The molecule has 0 bridgehead atoms. The predicted molar refractivity (Wildman–Crippen MR) is 174 cm³/mol. The molecule has 0 aliphatic rings. The molecule has 0 aliphatic carbocycles. The molecule has 0 aromatic heterocycles. The van der Waals surface area contributed by atoms with Crippen molar-refractivity contribution in [2.75, 3.05) is 18.5 Å². The molecule has 0 radical (unpaired) electrons. The van der Waals surface area contributed by atoms with E-state index in [2.05, 4.69) is 42.3 Å². The molecule has 4 N–H and O–H groups in total. The summed E-state index contributed by atoms with van der Waals surface area (Å²) in [6.45, 7) is 7.06. The Kier molecular flexibility index (Phi) is 10.7. The molecule has 226 valence electrons. The van der Waals surface area contributed by atoms with Crippen LogP contribution < -0.4 is 31.0 Å². The number of ether oxygens (including phenoxy) is 2. The lowest BCUT2D eigenvalue weighted by Gasteiger charge is -2.19. The molecule has 0 saturated carbocycles. The van der Waals surface area contributed by atoms with Gasteiger partial charge in [0.25, 0.3) is 17.7 Å². The molecular weight excluding hydrogens is 576 g/mol. The second-order valence-electron chi connectivity index (χ2n) is 10.8. The van der Waals surface area contributed by atoms with Crippen LogP contribution in [0.15, 0.2) is 103 Å². The van der Waals surface area contributed by atoms with Gasteiger partial charge in [0, 0.05) is 22.4 Å². The van der Waals surface area contributed by atoms with Crippen molar-refractivity contribution in [3.05, 3.63) is 125 Å². The number of hydrazine groups is 1. The van der Waals surface area contributed by atoms with E-state index in [-0.39, 0.29) is 16.4 Å². The van der Waals surface area contributed by atoms with Gasteiger partial charge in [-0.15, -0.1) is 0 Å². The van der Waals surface area contributed by atoms with Gasteiger partial charge in [0.2, 0.25) is 0 Å². The number of thiocarbonyl (C=S) groups is 1. The molecule has 0 heterocycles. The summed E-state index contributed by atoms with van der Waals surface area (Å²) >= 11 is 5.13. The number of amides is 3. The van der Waals surface area contributed by atoms with Crippen LogP contribution in [0.2, 0.25) is 0 Å². The van der Waals surface area contributed by atoms with Gasteiger partial charge < -0.3 is 14.8 Å². The number of hydrogen-bond acceptors (Lipinski definition) is 6. The van der Waals surface area contributed by atoms with E-state index in [0.717, 1.165) is 11.3 Å². The van der Waals surface area contributed by atoms with Crippen LogP contribution in [0, 0.1) is 0 Å². The van der Waals surface area contributed by atoms with Crippen molar-refractivity contribution < 1.29 is 23.9 Å². The lowest BCUT2D eigenvalue weighted by atomic mass is 9.87. The number of anilines is 1. The van der Waals surface area contributed by atoms with Gasteiger partial charge in [-0.25, -0.2) is 0 Å². The molecule has 44 heavy (non-hydrogen) atoms. The van der Waals surface area contributed by atoms with Crippen LogP contribution in [-0.4, -0.2) is 36.0 Å². The Morgan fingerprint density at radius 2 is 1.11 bits per heavy atom. The van der Waals surface area contributed by atoms with E-state index in [9.17, 15) is 14.4 Å². The van der Waals surface area contributed by atoms with Crippen LogP contribution in [-0.2, 0) is 5.41 Å². The van der Waals surface area contributed by atoms with Crippen LogP contribution >= 0.6 is 12.2 Å². The van der Waals surface area contributed by atoms with E-state index in [4.69, 9.17) is 21.7 Å². The van der Waals surface area contributed by atoms with Crippen LogP contribution in [0.5, 0.6) is 11.5 Å². The van der Waals surface area contributed by atoms with Crippen molar-refractivity contribution in [1.82, 2.24) is 16.2 Å². The van der Waals surface area contributed by atoms with Crippen molar-refractivity contribution in [2.45, 2.75) is 26.2 Å². The van der Waals surface area contributed by atoms with Crippen LogP contribution in [0.3, 0.4) is 0 Å². The van der Waals surface area contributed by atoms with E-state index in [1.54, 1.807) is 60.7 Å². The number of hydrogen-bond donors (Lipinski definition) is 4. The second kappa shape index (κ2) is 14.8. The first-order chi connectivity index (χ1) is 21.1. The molecule has 0 aliphatic heterocycles. The minimum absolute atomic E-state index is 0.00248. The second-order valence-corrected chi connectivity index (χ2v) is 11.2. The highest BCUT2D eigenvalue weighted by Gasteiger charge is 2.15. The van der Waals surface area contributed by atoms with Crippen molar-refractivity contribution >= 4 is 40.7 Å². The minimum atomic E-state index is -0.477. The van der Waals surface area contributed by atoms with E-state index in [1.165, 1.54) is 0 Å². The summed E-state index contributed by atoms with van der Waals surface area (Å²) in [5.41, 5.74) is 7.85. The Morgan fingerprint density at radius 1 is 0.614 bits per heavy atom. The van der Waals surface area contributed by atoms with Gasteiger partial charge in [0.05, 0.1) is 0 Å². The van der Waals surface area contributed by atoms with E-state index in [1.807, 2.05) is 42.5 Å². The van der Waals surface area contributed by atoms with Gasteiger partial charge in [-0.3, -0.25) is 30.6 Å². The fourth-order valence-corrected chi connectivity index (χ4v) is 4.10. The first-order valence-corrected chi connectivity index (χ1v) is 14.3. The van der Waals surface area contributed by atoms with Gasteiger partial charge >= 0.3 is 0 Å². The van der Waals surface area contributed by atoms with Gasteiger partial charge in [-0.2, -0.15) is 0 Å². The number of nitrogens with one attached hydrogen (secondary N) is 4. The van der Waals surface area contributed by atoms with Crippen molar-refractivity contribution in [3.8, 4) is 11.5 Å². The third-order valence-corrected chi connectivity index (χ3v) is 6.62. The van der Waals surface area contributed by atoms with Gasteiger partial charge in [-0.05, 0) is 96.0 Å². The largest absolute Gasteiger partial charge is 0.490 e. The maximum atomic E-state index is 12.6. The van der Waals surface area contributed by atoms with E-state index < -0.39 is 11.8 Å². The Hall–Kier alpha value is -5.22. The van der Waals surface area contributed by atoms with Crippen molar-refractivity contribution in [3.63, 3.8) is 0 Å². The standard InChI is InChI=1S/C34H34N4O5S/c1-34(2,3)26-15-9-23(10-16-26)30(39)35-27-17-11-25(12-18-27)32(41)37-38-33(44)36-31(40)24-13-19-29(20-14-24)43-22-21-42-28-7-5-4-6-8-28/h4-20H,21-22H2,1-3H3,(H,35,39)(H,37,41)(H2,36,38,40,44). The van der Waals surface area contributed by atoms with Crippen LogP contribution in [0.4, 0.5) is 5.69 Å². The summed E-state index contributed by atoms with van der Waals surface area (Å²) in [4.78, 5) is 37.7. The summed E-state index contributed by atoms with van der Waals surface area (Å²) in [5.74, 6) is 0.174. The Bertz CT molecular complexity index is 1580. The highest BCUT2D eigenvalue weighted by Crippen LogP contribution is 2.22. The fourth-order valence-electron chi connectivity index (χ4n) is 3.96. The van der Waals surface area contributed by atoms with Crippen LogP contribution in [0.25, 0.3) is 0 Å². The zero-order valence-corrected chi connectivity index (χ0v) is 25.5. The third kappa shape index (κ3) is 9.40. The SMILES string of the molecule is CC(C)(C)c1ccc(C(=O)Nc2ccc(C(=O)NNC(=S)NC(=O)c3ccc(OCCOc4ccccc4)cc3)cc2)cc1. The zero-order chi connectivity index (χ0) is 31.5. The monoisotopic (exact) mass is 610 g/mol. The number of benzene rings is 4. The van der Waals surface area contributed by atoms with Crippen molar-refractivity contribution in [2.24, 2.45) is 0 Å². The Balaban J connectivity index is 1.18. The normalized spacial score (nSPS) is 10.7. The molecule has 4 aromatic rings. The summed E-state index contributed by atoms with van der Waals surface area (Å²) < 4.78 is 11.2. The van der Waals surface area contributed by atoms with Gasteiger partial charge in [-0.1, -0.05) is 51.1 Å². The average molecular weight is 611 g/mol. The molecule has 0 spiro atoms. The Labute approximate surface area is 261 Å². The molecule has 0 unspecified atom stereocenters. The molecule has 4 aromatic carbocycles. The van der Waals surface area contributed by atoms with Crippen molar-refractivity contribution in [1.29, 1.82) is 0 Å². The zero-order valence-electron chi connectivity index (χ0n) is 24.7. The van der Waals surface area contributed by atoms with Gasteiger partial charge in [0.15, 0.2) is 5.11 Å². The first kappa shape index (κ1) is 31.7. The number of rotatable bonds is 9. The molecule has 0 fully saturated rings. The fraction of sp³-hybridized carbons (Fsp3) is 0.176. The van der Waals surface area contributed by atoms with E-state index >= 15 is 0 Å². The summed E-state index contributed by atoms with van der Waals surface area (Å²) in [6.07, 6.45) is 0. The predicted octanol–water partition coefficient (Wildman–Crippen LogP) is 5.64. The molecular formula is C34H34N4O5S. The molecule has 9 nitrogen and oxygen atoms in total. The average Bonchev–Trinajstić information content (AvgIpc) is 3.02. The maximum absolute atomic E-state index is 12.6. The number of para-hydroxylation sites is 1. The first-order valence-electron chi connectivity index (χ1n) is 13.9. The molecule has 4 rings (SSSR count). The summed E-state index contributed by atoms with van der Waals surface area (Å²) in [5, 5.41) is 5.25. The summed E-state index contributed by atoms with van der Waals surface area (Å²) in [7, 11) is 0.